The molecule has 3 saturated heterocycles. The van der Waals surface area contributed by atoms with Crippen LogP contribution in [0, 0.1) is 5.92 Å². The summed E-state index contributed by atoms with van der Waals surface area (Å²) in [5, 5.41) is 0. The van der Waals surface area contributed by atoms with Gasteiger partial charge in [0.15, 0.2) is 0 Å². The summed E-state index contributed by atoms with van der Waals surface area (Å²) in [5.41, 5.74) is 1.39. The number of hydrogen-bond donors (Lipinski definition) is 0. The number of hydrogen-bond acceptors (Lipinski definition) is 3. The monoisotopic (exact) mass is 316 g/mol. The summed E-state index contributed by atoms with van der Waals surface area (Å²) in [6.45, 7) is 3.05. The smallest absolute Gasteiger partial charge is 0.227 e. The molecule has 0 bridgehead atoms. The number of benzene rings is 1. The van der Waals surface area contributed by atoms with E-state index in [1.54, 1.807) is 0 Å². The van der Waals surface area contributed by atoms with Gasteiger partial charge in [0.2, 0.25) is 5.91 Å². The molecule has 0 unspecified atom stereocenters. The number of rotatable bonds is 2. The standard InChI is InChI=1S/C18H24N2OS/c21-18(19-9-11-22-12-10-19)15-13-17(14-5-2-1-3-6-14)20-8-4-7-16(15)20/h1-3,5-6,15-17H,4,7-13H2/t15-,16+,17-/m1/s1. The van der Waals surface area contributed by atoms with Gasteiger partial charge in [0.1, 0.15) is 0 Å². The van der Waals surface area contributed by atoms with Gasteiger partial charge in [-0.2, -0.15) is 11.8 Å². The molecule has 1 aromatic rings. The Morgan fingerprint density at radius 3 is 2.64 bits per heavy atom. The molecule has 0 aromatic heterocycles. The Kier molecular flexibility index (Phi) is 4.14. The molecule has 0 aliphatic carbocycles. The van der Waals surface area contributed by atoms with Crippen molar-refractivity contribution in [1.82, 2.24) is 9.80 Å². The zero-order valence-electron chi connectivity index (χ0n) is 13.0. The highest BCUT2D eigenvalue weighted by atomic mass is 32.2. The minimum Gasteiger partial charge on any atom is -0.341 e. The van der Waals surface area contributed by atoms with Crippen molar-refractivity contribution in [2.75, 3.05) is 31.1 Å². The number of nitrogens with zero attached hydrogens (tertiary/aromatic N) is 2. The minimum absolute atomic E-state index is 0.218. The van der Waals surface area contributed by atoms with Crippen LogP contribution in [0.15, 0.2) is 30.3 Å². The first-order valence-electron chi connectivity index (χ1n) is 8.52. The highest BCUT2D eigenvalue weighted by Gasteiger charge is 2.48. The maximum Gasteiger partial charge on any atom is 0.227 e. The highest BCUT2D eigenvalue weighted by molar-refractivity contribution is 7.99. The van der Waals surface area contributed by atoms with Crippen LogP contribution in [0.5, 0.6) is 0 Å². The van der Waals surface area contributed by atoms with Crippen molar-refractivity contribution in [3.63, 3.8) is 0 Å². The van der Waals surface area contributed by atoms with Crippen LogP contribution in [0.4, 0.5) is 0 Å². The van der Waals surface area contributed by atoms with Crippen LogP contribution in [0.3, 0.4) is 0 Å². The molecule has 3 aliphatic rings. The molecule has 22 heavy (non-hydrogen) atoms. The Morgan fingerprint density at radius 2 is 1.86 bits per heavy atom. The van der Waals surface area contributed by atoms with Crippen LogP contribution in [0.1, 0.15) is 30.9 Å². The number of amides is 1. The maximum absolute atomic E-state index is 13.0. The van der Waals surface area contributed by atoms with Crippen LogP contribution in [-0.4, -0.2) is 52.9 Å². The lowest BCUT2D eigenvalue weighted by Crippen LogP contribution is -2.44. The molecule has 118 valence electrons. The number of thioether (sulfide) groups is 1. The fraction of sp³-hybridized carbons (Fsp3) is 0.611. The van der Waals surface area contributed by atoms with Gasteiger partial charge < -0.3 is 4.90 Å². The van der Waals surface area contributed by atoms with E-state index in [1.165, 1.54) is 18.4 Å². The molecule has 4 heteroatoms. The second-order valence-corrected chi connectivity index (χ2v) is 7.88. The van der Waals surface area contributed by atoms with Gasteiger partial charge in [0, 0.05) is 36.7 Å². The Morgan fingerprint density at radius 1 is 1.09 bits per heavy atom. The zero-order chi connectivity index (χ0) is 14.9. The van der Waals surface area contributed by atoms with Gasteiger partial charge in [0.25, 0.3) is 0 Å². The zero-order valence-corrected chi connectivity index (χ0v) is 13.8. The summed E-state index contributed by atoms with van der Waals surface area (Å²) in [4.78, 5) is 17.7. The highest BCUT2D eigenvalue weighted by Crippen LogP contribution is 2.45. The molecule has 3 aliphatic heterocycles. The van der Waals surface area contributed by atoms with Gasteiger partial charge in [-0.3, -0.25) is 9.69 Å². The quantitative estimate of drug-likeness (QED) is 0.838. The molecular formula is C18H24N2OS. The molecule has 3 nitrogen and oxygen atoms in total. The third-order valence-electron chi connectivity index (χ3n) is 5.51. The summed E-state index contributed by atoms with van der Waals surface area (Å²) < 4.78 is 0. The molecule has 0 saturated carbocycles. The average molecular weight is 316 g/mol. The van der Waals surface area contributed by atoms with Crippen molar-refractivity contribution >= 4 is 17.7 Å². The summed E-state index contributed by atoms with van der Waals surface area (Å²) in [5.74, 6) is 2.86. The van der Waals surface area contributed by atoms with Gasteiger partial charge in [-0.15, -0.1) is 0 Å². The second-order valence-electron chi connectivity index (χ2n) is 6.65. The fourth-order valence-electron chi connectivity index (χ4n) is 4.45. The van der Waals surface area contributed by atoms with E-state index in [2.05, 4.69) is 40.1 Å². The van der Waals surface area contributed by atoms with Crippen LogP contribution in [-0.2, 0) is 4.79 Å². The molecule has 4 rings (SSSR count). The predicted octanol–water partition coefficient (Wildman–Crippen LogP) is 2.79. The number of carbonyl (C=O) groups is 1. The largest absolute Gasteiger partial charge is 0.341 e. The van der Waals surface area contributed by atoms with Crippen LogP contribution < -0.4 is 0 Å². The summed E-state index contributed by atoms with van der Waals surface area (Å²) in [6, 6.07) is 11.7. The van der Waals surface area contributed by atoms with Crippen LogP contribution in [0.25, 0.3) is 0 Å². The van der Waals surface area contributed by atoms with E-state index in [9.17, 15) is 4.79 Å². The lowest BCUT2D eigenvalue weighted by Gasteiger charge is -2.30. The Bertz CT molecular complexity index is 529. The first-order chi connectivity index (χ1) is 10.8. The third-order valence-corrected chi connectivity index (χ3v) is 6.45. The number of fused-ring (bicyclic) bond motifs is 1. The van der Waals surface area contributed by atoms with Gasteiger partial charge in [-0.05, 0) is 31.4 Å². The van der Waals surface area contributed by atoms with Gasteiger partial charge in [-0.1, -0.05) is 30.3 Å². The average Bonchev–Trinajstić information content (AvgIpc) is 3.18. The van der Waals surface area contributed by atoms with Crippen molar-refractivity contribution in [3.05, 3.63) is 35.9 Å². The van der Waals surface area contributed by atoms with Gasteiger partial charge in [-0.25, -0.2) is 0 Å². The van der Waals surface area contributed by atoms with Crippen molar-refractivity contribution in [3.8, 4) is 0 Å². The minimum atomic E-state index is 0.218. The second kappa shape index (κ2) is 6.25. The van der Waals surface area contributed by atoms with Gasteiger partial charge in [0.05, 0.1) is 5.92 Å². The lowest BCUT2D eigenvalue weighted by atomic mass is 9.93. The van der Waals surface area contributed by atoms with E-state index in [4.69, 9.17) is 0 Å². The first-order valence-corrected chi connectivity index (χ1v) is 9.67. The molecular weight excluding hydrogens is 292 g/mol. The Labute approximate surface area is 137 Å². The van der Waals surface area contributed by atoms with Crippen molar-refractivity contribution < 1.29 is 4.79 Å². The van der Waals surface area contributed by atoms with E-state index in [0.29, 0.717) is 18.0 Å². The lowest BCUT2D eigenvalue weighted by molar-refractivity contribution is -0.135. The predicted molar refractivity (Wildman–Crippen MR) is 90.9 cm³/mol. The van der Waals surface area contributed by atoms with Gasteiger partial charge >= 0.3 is 0 Å². The van der Waals surface area contributed by atoms with E-state index >= 15 is 0 Å². The summed E-state index contributed by atoms with van der Waals surface area (Å²) >= 11 is 1.97. The van der Waals surface area contributed by atoms with E-state index in [0.717, 1.165) is 37.6 Å². The molecule has 0 radical (unpaired) electrons. The van der Waals surface area contributed by atoms with Crippen molar-refractivity contribution in [1.29, 1.82) is 0 Å². The number of carbonyl (C=O) groups excluding carboxylic acids is 1. The van der Waals surface area contributed by atoms with E-state index in [-0.39, 0.29) is 5.92 Å². The summed E-state index contributed by atoms with van der Waals surface area (Å²) in [6.07, 6.45) is 3.45. The molecule has 1 aromatic carbocycles. The topological polar surface area (TPSA) is 23.6 Å². The van der Waals surface area contributed by atoms with E-state index in [1.807, 2.05) is 11.8 Å². The Hall–Kier alpha value is -1.00. The van der Waals surface area contributed by atoms with E-state index < -0.39 is 0 Å². The molecule has 0 spiro atoms. The first kappa shape index (κ1) is 14.6. The van der Waals surface area contributed by atoms with Crippen molar-refractivity contribution in [2.24, 2.45) is 5.92 Å². The molecule has 1 amide bonds. The van der Waals surface area contributed by atoms with Crippen molar-refractivity contribution in [2.45, 2.75) is 31.3 Å². The molecule has 3 atom stereocenters. The fourth-order valence-corrected chi connectivity index (χ4v) is 5.36. The maximum atomic E-state index is 13.0. The Balaban J connectivity index is 1.55. The molecule has 3 heterocycles. The summed E-state index contributed by atoms with van der Waals surface area (Å²) in [7, 11) is 0. The SMILES string of the molecule is O=C([C@@H]1C[C@H](c2ccccc2)N2CCC[C@@H]12)N1CCSCC1. The molecule has 3 fully saturated rings. The molecule has 0 N–H and O–H groups in total. The van der Waals surface area contributed by atoms with Crippen LogP contribution in [0.2, 0.25) is 0 Å². The van der Waals surface area contributed by atoms with Crippen LogP contribution >= 0.6 is 11.8 Å². The third kappa shape index (κ3) is 2.56. The normalized spacial score (nSPS) is 32.2.